The molecule has 15 heavy (non-hydrogen) atoms. The predicted octanol–water partition coefficient (Wildman–Crippen LogP) is 3.75. The van der Waals surface area contributed by atoms with E-state index in [0.717, 1.165) is 12.1 Å². The van der Waals surface area contributed by atoms with Gasteiger partial charge in [0.1, 0.15) is 11.6 Å². The van der Waals surface area contributed by atoms with Crippen molar-refractivity contribution in [3.8, 4) is 0 Å². The summed E-state index contributed by atoms with van der Waals surface area (Å²) in [5.41, 5.74) is -0.127. The van der Waals surface area contributed by atoms with E-state index in [2.05, 4.69) is 4.98 Å². The van der Waals surface area contributed by atoms with Gasteiger partial charge in [0, 0.05) is 6.07 Å². The van der Waals surface area contributed by atoms with E-state index in [-0.39, 0.29) is 5.69 Å². The lowest BCUT2D eigenvalue weighted by atomic mass is 10.3. The van der Waals surface area contributed by atoms with Gasteiger partial charge in [0.25, 0.3) is 0 Å². The summed E-state index contributed by atoms with van der Waals surface area (Å²) in [6.07, 6.45) is 0. The third kappa shape index (κ3) is 8.61. The van der Waals surface area contributed by atoms with Crippen LogP contribution in [0.4, 0.5) is 31.7 Å². The Kier molecular flexibility index (Phi) is 4.64. The summed E-state index contributed by atoms with van der Waals surface area (Å²) in [6.45, 7) is 0. The number of hydrogen-bond donors (Lipinski definition) is 0. The molecule has 0 heterocycles. The van der Waals surface area contributed by atoms with Crippen molar-refractivity contribution in [2.24, 2.45) is 0 Å². The van der Waals surface area contributed by atoms with Gasteiger partial charge in [-0.2, -0.15) is 0 Å². The summed E-state index contributed by atoms with van der Waals surface area (Å²) >= 11 is 0. The molecule has 0 unspecified atom stereocenters. The third-order valence-electron chi connectivity index (χ3n) is 0.963. The summed E-state index contributed by atoms with van der Waals surface area (Å²) in [5, 5.41) is 8.08. The van der Waals surface area contributed by atoms with Crippen molar-refractivity contribution in [3.63, 3.8) is 0 Å². The lowest BCUT2D eigenvalue weighted by Crippen LogP contribution is -2.02. The zero-order chi connectivity index (χ0) is 12.1. The maximum Gasteiger partial charge on any atom is 0.673 e. The van der Waals surface area contributed by atoms with Crippen LogP contribution in [-0.4, -0.2) is 7.25 Å². The van der Waals surface area contributed by atoms with E-state index in [0.29, 0.717) is 6.07 Å². The molecule has 0 spiro atoms. The zero-order valence-electron chi connectivity index (χ0n) is 6.97. The SMILES string of the molecule is F[B-](F)(F)F.N#[N+]c1cc(F)cc(F)c1. The van der Waals surface area contributed by atoms with E-state index < -0.39 is 18.9 Å². The van der Waals surface area contributed by atoms with Crippen molar-refractivity contribution in [2.75, 3.05) is 0 Å². The summed E-state index contributed by atoms with van der Waals surface area (Å²) < 4.78 is 63.4. The van der Waals surface area contributed by atoms with Gasteiger partial charge in [-0.15, -0.1) is 0 Å². The maximum atomic E-state index is 12.2. The van der Waals surface area contributed by atoms with Crippen LogP contribution in [-0.2, 0) is 0 Å². The smallest absolute Gasteiger partial charge is 0.418 e. The minimum absolute atomic E-state index is 0.127. The zero-order valence-corrected chi connectivity index (χ0v) is 6.97. The Hall–Kier alpha value is -1.72. The fraction of sp³-hybridized carbons (Fsp3) is 0. The number of rotatable bonds is 0. The minimum atomic E-state index is -6.00. The first-order valence-corrected chi connectivity index (χ1v) is 3.41. The molecule has 0 fully saturated rings. The highest BCUT2D eigenvalue weighted by atomic mass is 19.5. The predicted molar refractivity (Wildman–Crippen MR) is 41.3 cm³/mol. The molecule has 82 valence electrons. The molecule has 0 bridgehead atoms. The van der Waals surface area contributed by atoms with Crippen molar-refractivity contribution < 1.29 is 26.0 Å². The molecule has 0 atom stereocenters. The van der Waals surface area contributed by atoms with Gasteiger partial charge < -0.3 is 17.3 Å². The molecular formula is C6H3BF6N2. The van der Waals surface area contributed by atoms with Gasteiger partial charge in [0.15, 0.2) is 4.98 Å². The fourth-order valence-electron chi connectivity index (χ4n) is 0.597. The van der Waals surface area contributed by atoms with E-state index in [1.165, 1.54) is 0 Å². The molecule has 0 saturated heterocycles. The normalized spacial score (nSPS) is 9.93. The molecule has 1 aromatic carbocycles. The first-order chi connectivity index (χ1) is 6.72. The highest BCUT2D eigenvalue weighted by Crippen LogP contribution is 2.15. The standard InChI is InChI=1S/C6H3F2N2.BF4/c7-4-1-5(8)3-6(2-4)10-9;2-1(3,4)5/h1-3H;/q+1;-1. The van der Waals surface area contributed by atoms with Gasteiger partial charge in [0.2, 0.25) is 5.39 Å². The molecule has 1 aromatic rings. The number of halogens is 6. The average Bonchev–Trinajstić information content (AvgIpc) is 1.99. The molecular weight excluding hydrogens is 225 g/mol. The molecule has 0 amide bonds. The van der Waals surface area contributed by atoms with Crippen LogP contribution in [0.3, 0.4) is 0 Å². The van der Waals surface area contributed by atoms with Crippen LogP contribution in [0, 0.1) is 17.0 Å². The molecule has 0 saturated carbocycles. The highest BCUT2D eigenvalue weighted by Gasteiger charge is 2.20. The summed E-state index contributed by atoms with van der Waals surface area (Å²) in [7, 11) is -6.00. The van der Waals surface area contributed by atoms with E-state index in [4.69, 9.17) is 5.39 Å². The monoisotopic (exact) mass is 228 g/mol. The lowest BCUT2D eigenvalue weighted by molar-refractivity contribution is 0.368. The minimum Gasteiger partial charge on any atom is -0.418 e. The van der Waals surface area contributed by atoms with Crippen LogP contribution in [0.5, 0.6) is 0 Å². The van der Waals surface area contributed by atoms with Crippen LogP contribution in [0.15, 0.2) is 18.2 Å². The van der Waals surface area contributed by atoms with Crippen molar-refractivity contribution in [2.45, 2.75) is 0 Å². The van der Waals surface area contributed by atoms with E-state index in [1.54, 1.807) is 0 Å². The van der Waals surface area contributed by atoms with Crippen molar-refractivity contribution in [1.29, 1.82) is 5.39 Å². The fourth-order valence-corrected chi connectivity index (χ4v) is 0.597. The second-order valence-corrected chi connectivity index (χ2v) is 2.22. The van der Waals surface area contributed by atoms with Gasteiger partial charge in [0.05, 0.1) is 12.1 Å². The Balaban J connectivity index is 0.000000336. The van der Waals surface area contributed by atoms with E-state index in [9.17, 15) is 26.0 Å². The van der Waals surface area contributed by atoms with Crippen LogP contribution in [0.1, 0.15) is 0 Å². The Morgan fingerprint density at radius 2 is 1.27 bits per heavy atom. The molecule has 0 aromatic heterocycles. The molecule has 0 aliphatic heterocycles. The largest absolute Gasteiger partial charge is 0.673 e. The maximum absolute atomic E-state index is 12.2. The van der Waals surface area contributed by atoms with Crippen molar-refractivity contribution in [3.05, 3.63) is 34.8 Å². The molecule has 0 aliphatic rings. The first kappa shape index (κ1) is 13.3. The average molecular weight is 228 g/mol. The Morgan fingerprint density at radius 1 is 0.933 bits per heavy atom. The summed E-state index contributed by atoms with van der Waals surface area (Å²) in [6, 6.07) is 2.54. The molecule has 9 heteroatoms. The second kappa shape index (κ2) is 5.24. The van der Waals surface area contributed by atoms with Crippen LogP contribution >= 0.6 is 0 Å². The Bertz CT molecular complexity index is 345. The van der Waals surface area contributed by atoms with Gasteiger partial charge in [-0.1, -0.05) is 0 Å². The summed E-state index contributed by atoms with van der Waals surface area (Å²) in [4.78, 5) is 2.61. The van der Waals surface area contributed by atoms with E-state index >= 15 is 0 Å². The number of benzene rings is 1. The van der Waals surface area contributed by atoms with Gasteiger partial charge >= 0.3 is 12.9 Å². The Morgan fingerprint density at radius 3 is 1.53 bits per heavy atom. The second-order valence-electron chi connectivity index (χ2n) is 2.22. The van der Waals surface area contributed by atoms with Crippen LogP contribution in [0.2, 0.25) is 0 Å². The van der Waals surface area contributed by atoms with Crippen molar-refractivity contribution >= 4 is 12.9 Å². The van der Waals surface area contributed by atoms with Crippen LogP contribution in [0.25, 0.3) is 4.98 Å². The topological polar surface area (TPSA) is 28.1 Å². The molecule has 0 radical (unpaired) electrons. The number of nitrogens with zero attached hydrogens (tertiary/aromatic N) is 2. The quantitative estimate of drug-likeness (QED) is 0.377. The molecule has 0 aliphatic carbocycles. The van der Waals surface area contributed by atoms with E-state index in [1.807, 2.05) is 0 Å². The highest BCUT2D eigenvalue weighted by molar-refractivity contribution is 6.50. The molecule has 1 rings (SSSR count). The number of hydrogen-bond acceptors (Lipinski definition) is 1. The molecule has 2 nitrogen and oxygen atoms in total. The molecule has 0 N–H and O–H groups in total. The first-order valence-electron chi connectivity index (χ1n) is 3.41. The number of diazo groups is 1. The van der Waals surface area contributed by atoms with Gasteiger partial charge in [-0.05, 0) is 0 Å². The van der Waals surface area contributed by atoms with Crippen molar-refractivity contribution in [1.82, 2.24) is 0 Å². The van der Waals surface area contributed by atoms with Crippen LogP contribution < -0.4 is 0 Å². The van der Waals surface area contributed by atoms with Gasteiger partial charge in [-0.25, -0.2) is 8.78 Å². The Labute approximate surface area is 80.2 Å². The summed E-state index contributed by atoms with van der Waals surface area (Å²) in [5.74, 6) is -1.51. The third-order valence-corrected chi connectivity index (χ3v) is 0.963. The van der Waals surface area contributed by atoms with Gasteiger partial charge in [-0.3, -0.25) is 0 Å². The lowest BCUT2D eigenvalue weighted by Gasteiger charge is -1.94.